The molecule has 4 heteroatoms. The minimum Gasteiger partial charge on any atom is -0.393 e. The van der Waals surface area contributed by atoms with Gasteiger partial charge in [-0.2, -0.15) is 13.2 Å². The van der Waals surface area contributed by atoms with Crippen molar-refractivity contribution in [3.8, 4) is 0 Å². The van der Waals surface area contributed by atoms with Crippen molar-refractivity contribution in [2.45, 2.75) is 64.1 Å². The zero-order valence-corrected chi connectivity index (χ0v) is 11.9. The van der Waals surface area contributed by atoms with E-state index in [2.05, 4.69) is 6.92 Å². The molecule has 0 aromatic heterocycles. The second kappa shape index (κ2) is 8.30. The van der Waals surface area contributed by atoms with Crippen molar-refractivity contribution in [2.75, 3.05) is 0 Å². The van der Waals surface area contributed by atoms with E-state index in [1.165, 1.54) is 18.9 Å². The van der Waals surface area contributed by atoms with Gasteiger partial charge in [0.1, 0.15) is 0 Å². The molecule has 1 unspecified atom stereocenters. The van der Waals surface area contributed by atoms with Crippen molar-refractivity contribution in [3.63, 3.8) is 0 Å². The molecular formula is C16H23F3O. The Morgan fingerprint density at radius 1 is 1.10 bits per heavy atom. The fourth-order valence-corrected chi connectivity index (χ4v) is 2.23. The van der Waals surface area contributed by atoms with E-state index in [1.807, 2.05) is 0 Å². The number of aliphatic hydroxyl groups excluding tert-OH is 1. The Kier molecular flexibility index (Phi) is 7.06. The number of hydrogen-bond donors (Lipinski definition) is 1. The van der Waals surface area contributed by atoms with Crippen LogP contribution in [-0.2, 0) is 12.6 Å². The summed E-state index contributed by atoms with van der Waals surface area (Å²) < 4.78 is 37.7. The van der Waals surface area contributed by atoms with Crippen LogP contribution >= 0.6 is 0 Å². The molecule has 0 spiro atoms. The van der Waals surface area contributed by atoms with Crippen LogP contribution in [0.4, 0.5) is 13.2 Å². The molecule has 114 valence electrons. The van der Waals surface area contributed by atoms with Gasteiger partial charge in [0.15, 0.2) is 0 Å². The Labute approximate surface area is 118 Å². The van der Waals surface area contributed by atoms with E-state index >= 15 is 0 Å². The molecule has 1 nitrogen and oxygen atoms in total. The van der Waals surface area contributed by atoms with Crippen molar-refractivity contribution in [1.82, 2.24) is 0 Å². The molecule has 1 N–H and O–H groups in total. The number of benzene rings is 1. The van der Waals surface area contributed by atoms with Crippen LogP contribution in [0.2, 0.25) is 0 Å². The second-order valence-corrected chi connectivity index (χ2v) is 5.26. The van der Waals surface area contributed by atoms with E-state index < -0.39 is 17.8 Å². The van der Waals surface area contributed by atoms with Gasteiger partial charge in [-0.25, -0.2) is 0 Å². The monoisotopic (exact) mass is 288 g/mol. The molecule has 1 atom stereocenters. The average molecular weight is 288 g/mol. The third-order valence-corrected chi connectivity index (χ3v) is 3.37. The van der Waals surface area contributed by atoms with Gasteiger partial charge in [0.25, 0.3) is 0 Å². The molecule has 0 heterocycles. The molecule has 0 radical (unpaired) electrons. The topological polar surface area (TPSA) is 20.2 Å². The van der Waals surface area contributed by atoms with Crippen LogP contribution in [0.15, 0.2) is 24.3 Å². The van der Waals surface area contributed by atoms with Gasteiger partial charge in [-0.1, -0.05) is 57.2 Å². The lowest BCUT2D eigenvalue weighted by Gasteiger charge is -2.12. The highest BCUT2D eigenvalue weighted by molar-refractivity contribution is 5.26. The number of alkyl halides is 3. The number of hydrogen-bond acceptors (Lipinski definition) is 1. The number of aliphatic hydroxyl groups is 1. The predicted octanol–water partition coefficient (Wildman–Crippen LogP) is 4.97. The summed E-state index contributed by atoms with van der Waals surface area (Å²) in [5.74, 6) is 0. The maximum atomic E-state index is 12.6. The fourth-order valence-electron chi connectivity index (χ4n) is 2.23. The predicted molar refractivity (Wildman–Crippen MR) is 74.5 cm³/mol. The molecule has 0 saturated carbocycles. The van der Waals surface area contributed by atoms with E-state index in [9.17, 15) is 18.3 Å². The zero-order chi connectivity index (χ0) is 15.0. The van der Waals surface area contributed by atoms with E-state index in [-0.39, 0.29) is 6.42 Å². The molecule has 0 amide bonds. The van der Waals surface area contributed by atoms with Crippen LogP contribution in [0, 0.1) is 0 Å². The summed E-state index contributed by atoms with van der Waals surface area (Å²) in [6, 6.07) is 5.21. The van der Waals surface area contributed by atoms with Crippen molar-refractivity contribution < 1.29 is 18.3 Å². The van der Waals surface area contributed by atoms with E-state index in [4.69, 9.17) is 0 Å². The minimum atomic E-state index is -4.32. The van der Waals surface area contributed by atoms with E-state index in [1.54, 1.807) is 6.07 Å². The molecule has 20 heavy (non-hydrogen) atoms. The SMILES string of the molecule is CCCCCCCC(O)Cc1cccc(C(F)(F)F)c1. The van der Waals surface area contributed by atoms with Crippen molar-refractivity contribution in [2.24, 2.45) is 0 Å². The van der Waals surface area contributed by atoms with Gasteiger partial charge in [0, 0.05) is 0 Å². The maximum Gasteiger partial charge on any atom is 0.416 e. The van der Waals surface area contributed by atoms with Gasteiger partial charge < -0.3 is 5.11 Å². The number of unbranched alkanes of at least 4 members (excludes halogenated alkanes) is 4. The largest absolute Gasteiger partial charge is 0.416 e. The Balaban J connectivity index is 2.40. The lowest BCUT2D eigenvalue weighted by molar-refractivity contribution is -0.137. The van der Waals surface area contributed by atoms with Gasteiger partial charge in [-0.15, -0.1) is 0 Å². The fraction of sp³-hybridized carbons (Fsp3) is 0.625. The van der Waals surface area contributed by atoms with Gasteiger partial charge in [-0.05, 0) is 24.5 Å². The van der Waals surface area contributed by atoms with Crippen LogP contribution in [-0.4, -0.2) is 11.2 Å². The summed E-state index contributed by atoms with van der Waals surface area (Å²) in [4.78, 5) is 0. The Hall–Kier alpha value is -1.03. The Bertz CT molecular complexity index is 388. The van der Waals surface area contributed by atoms with Crippen LogP contribution < -0.4 is 0 Å². The maximum absolute atomic E-state index is 12.6. The molecule has 0 aliphatic rings. The van der Waals surface area contributed by atoms with Gasteiger partial charge >= 0.3 is 6.18 Å². The molecule has 1 rings (SSSR count). The first kappa shape index (κ1) is 17.0. The molecule has 0 aliphatic heterocycles. The van der Waals surface area contributed by atoms with Gasteiger partial charge in [-0.3, -0.25) is 0 Å². The summed E-state index contributed by atoms with van der Waals surface area (Å²) in [7, 11) is 0. The Morgan fingerprint density at radius 2 is 1.80 bits per heavy atom. The molecule has 1 aromatic rings. The zero-order valence-electron chi connectivity index (χ0n) is 11.9. The first-order valence-electron chi connectivity index (χ1n) is 7.27. The lowest BCUT2D eigenvalue weighted by Crippen LogP contribution is -2.12. The summed E-state index contributed by atoms with van der Waals surface area (Å²) in [6.07, 6.45) is 1.61. The summed E-state index contributed by atoms with van der Waals surface area (Å²) in [5.41, 5.74) is -0.106. The molecule has 0 aliphatic carbocycles. The molecule has 0 bridgehead atoms. The lowest BCUT2D eigenvalue weighted by atomic mass is 10.0. The third kappa shape index (κ3) is 6.42. The van der Waals surface area contributed by atoms with Crippen LogP contribution in [0.25, 0.3) is 0 Å². The first-order valence-corrected chi connectivity index (χ1v) is 7.27. The van der Waals surface area contributed by atoms with E-state index in [0.717, 1.165) is 31.4 Å². The number of rotatable bonds is 8. The van der Waals surface area contributed by atoms with Gasteiger partial charge in [0.2, 0.25) is 0 Å². The second-order valence-electron chi connectivity index (χ2n) is 5.26. The molecular weight excluding hydrogens is 265 g/mol. The average Bonchev–Trinajstić information content (AvgIpc) is 2.38. The van der Waals surface area contributed by atoms with Crippen LogP contribution in [0.3, 0.4) is 0 Å². The minimum absolute atomic E-state index is 0.289. The first-order chi connectivity index (χ1) is 9.43. The quantitative estimate of drug-likeness (QED) is 0.670. The third-order valence-electron chi connectivity index (χ3n) is 3.37. The Morgan fingerprint density at radius 3 is 2.45 bits per heavy atom. The summed E-state index contributed by atoms with van der Waals surface area (Å²) in [6.45, 7) is 2.14. The highest BCUT2D eigenvalue weighted by atomic mass is 19.4. The van der Waals surface area contributed by atoms with Gasteiger partial charge in [0.05, 0.1) is 11.7 Å². The summed E-state index contributed by atoms with van der Waals surface area (Å²) >= 11 is 0. The smallest absolute Gasteiger partial charge is 0.393 e. The molecule has 1 aromatic carbocycles. The standard InChI is InChI=1S/C16H23F3O/c1-2-3-4-5-6-10-15(20)12-13-8-7-9-14(11-13)16(17,18)19/h7-9,11,15,20H,2-6,10,12H2,1H3. The van der Waals surface area contributed by atoms with Crippen LogP contribution in [0.1, 0.15) is 56.6 Å². The summed E-state index contributed by atoms with van der Waals surface area (Å²) in [5, 5.41) is 9.87. The van der Waals surface area contributed by atoms with Crippen molar-refractivity contribution >= 4 is 0 Å². The number of halogens is 3. The van der Waals surface area contributed by atoms with Crippen LogP contribution in [0.5, 0.6) is 0 Å². The van der Waals surface area contributed by atoms with Crippen molar-refractivity contribution in [3.05, 3.63) is 35.4 Å². The van der Waals surface area contributed by atoms with Crippen molar-refractivity contribution in [1.29, 1.82) is 0 Å². The highest BCUT2D eigenvalue weighted by Gasteiger charge is 2.30. The van der Waals surface area contributed by atoms with E-state index in [0.29, 0.717) is 12.0 Å². The molecule has 0 saturated heterocycles. The molecule has 0 fully saturated rings. The highest BCUT2D eigenvalue weighted by Crippen LogP contribution is 2.29. The normalized spacial score (nSPS) is 13.4.